The van der Waals surface area contributed by atoms with Gasteiger partial charge in [-0.1, -0.05) is 23.7 Å². The Hall–Kier alpha value is -2.81. The highest BCUT2D eigenvalue weighted by molar-refractivity contribution is 6.30. The van der Waals surface area contributed by atoms with Crippen LogP contribution in [-0.4, -0.2) is 30.5 Å². The number of carbonyl (C=O) groups is 1. The molecule has 0 atom stereocenters. The normalized spacial score (nSPS) is 13.9. The minimum atomic E-state index is -2.66. The molecule has 146 valence electrons. The predicted molar refractivity (Wildman–Crippen MR) is 98.4 cm³/mol. The predicted octanol–water partition coefficient (Wildman–Crippen LogP) is 3.63. The van der Waals surface area contributed by atoms with Crippen molar-refractivity contribution in [2.24, 2.45) is 0 Å². The van der Waals surface area contributed by atoms with E-state index in [4.69, 9.17) is 11.6 Å². The summed E-state index contributed by atoms with van der Waals surface area (Å²) in [6, 6.07) is 8.73. The minimum absolute atomic E-state index is 0.140. The fraction of sp³-hybridized carbons (Fsp3) is 0.333. The number of alkyl halides is 2. The van der Waals surface area contributed by atoms with E-state index in [1.165, 1.54) is 17.1 Å². The Labute approximate surface area is 164 Å². The van der Waals surface area contributed by atoms with Gasteiger partial charge in [-0.3, -0.25) is 14.8 Å². The number of hydrogen-bond donors (Lipinski definition) is 1. The molecule has 1 amide bonds. The molecule has 28 heavy (non-hydrogen) atoms. The van der Waals surface area contributed by atoms with Crippen molar-refractivity contribution >= 4 is 23.5 Å². The van der Waals surface area contributed by atoms with E-state index >= 15 is 0 Å². The molecule has 0 spiro atoms. The first-order valence-corrected chi connectivity index (χ1v) is 9.15. The average molecular weight is 407 g/mol. The van der Waals surface area contributed by atoms with E-state index in [-0.39, 0.29) is 24.1 Å². The lowest BCUT2D eigenvalue weighted by atomic mass is 10.2. The topological polar surface area (TPSA) is 77.6 Å². The molecule has 1 aliphatic rings. The lowest BCUT2D eigenvalue weighted by Gasteiger charge is -2.06. The Kier molecular flexibility index (Phi) is 5.08. The van der Waals surface area contributed by atoms with E-state index in [2.05, 4.69) is 20.5 Å². The highest BCUT2D eigenvalue weighted by atomic mass is 35.5. The van der Waals surface area contributed by atoms with E-state index < -0.39 is 12.3 Å². The summed E-state index contributed by atoms with van der Waals surface area (Å²) in [6.07, 6.45) is 0.678. The molecule has 10 heteroatoms. The van der Waals surface area contributed by atoms with E-state index in [9.17, 15) is 13.6 Å². The summed E-state index contributed by atoms with van der Waals surface area (Å²) < 4.78 is 28.8. The lowest BCUT2D eigenvalue weighted by molar-refractivity contribution is -0.117. The zero-order valence-electron chi connectivity index (χ0n) is 14.7. The van der Waals surface area contributed by atoms with Gasteiger partial charge >= 0.3 is 0 Å². The van der Waals surface area contributed by atoms with Gasteiger partial charge in [-0.05, 0) is 36.6 Å². The van der Waals surface area contributed by atoms with Crippen molar-refractivity contribution in [3.05, 3.63) is 58.6 Å². The van der Waals surface area contributed by atoms with Crippen LogP contribution in [-0.2, 0) is 17.9 Å². The molecule has 1 saturated carbocycles. The van der Waals surface area contributed by atoms with Crippen molar-refractivity contribution < 1.29 is 13.6 Å². The number of halogens is 3. The van der Waals surface area contributed by atoms with Gasteiger partial charge in [0.05, 0.1) is 6.54 Å². The van der Waals surface area contributed by atoms with Crippen LogP contribution in [0.15, 0.2) is 36.7 Å². The Morgan fingerprint density at radius 1 is 1.29 bits per heavy atom. The molecule has 1 N–H and O–H groups in total. The number of aromatic nitrogens is 5. The molecular formula is C18H17ClF2N6O. The Morgan fingerprint density at radius 2 is 2.11 bits per heavy atom. The second-order valence-electron chi connectivity index (χ2n) is 6.67. The number of hydrogen-bond acceptors (Lipinski definition) is 4. The van der Waals surface area contributed by atoms with E-state index in [0.717, 1.165) is 18.4 Å². The van der Waals surface area contributed by atoms with E-state index in [1.807, 2.05) is 18.2 Å². The fourth-order valence-electron chi connectivity index (χ4n) is 2.94. The van der Waals surface area contributed by atoms with Gasteiger partial charge in [0.2, 0.25) is 11.9 Å². The maximum Gasteiger partial charge on any atom is 0.282 e. The quantitative estimate of drug-likeness (QED) is 0.650. The van der Waals surface area contributed by atoms with Crippen LogP contribution in [0, 0.1) is 0 Å². The monoisotopic (exact) mass is 406 g/mol. The SMILES string of the molecule is O=C(Cn1nc(C(F)F)cc1C1CC1)Nc1ncn(Cc2cccc(Cl)c2)n1. The van der Waals surface area contributed by atoms with Gasteiger partial charge in [0.15, 0.2) is 0 Å². The fourth-order valence-corrected chi connectivity index (χ4v) is 3.16. The third kappa shape index (κ3) is 4.36. The lowest BCUT2D eigenvalue weighted by Crippen LogP contribution is -2.21. The third-order valence-corrected chi connectivity index (χ3v) is 4.60. The summed E-state index contributed by atoms with van der Waals surface area (Å²) in [5, 5.41) is 11.3. The van der Waals surface area contributed by atoms with Gasteiger partial charge in [0.25, 0.3) is 6.43 Å². The zero-order valence-corrected chi connectivity index (χ0v) is 15.5. The molecule has 2 aromatic heterocycles. The number of amides is 1. The van der Waals surface area contributed by atoms with Crippen molar-refractivity contribution in [3.8, 4) is 0 Å². The number of carbonyl (C=O) groups excluding carboxylic acids is 1. The van der Waals surface area contributed by atoms with Crippen LogP contribution in [0.3, 0.4) is 0 Å². The van der Waals surface area contributed by atoms with Crippen LogP contribution in [0.1, 0.15) is 42.1 Å². The Balaban J connectivity index is 1.40. The Morgan fingerprint density at radius 3 is 2.82 bits per heavy atom. The van der Waals surface area contributed by atoms with Crippen LogP contribution in [0.4, 0.5) is 14.7 Å². The van der Waals surface area contributed by atoms with Gasteiger partial charge in [-0.25, -0.2) is 18.4 Å². The molecule has 1 aliphatic carbocycles. The molecule has 1 aromatic carbocycles. The molecule has 0 unspecified atom stereocenters. The average Bonchev–Trinajstić information content (AvgIpc) is 3.25. The summed E-state index contributed by atoms with van der Waals surface area (Å²) in [4.78, 5) is 16.4. The minimum Gasteiger partial charge on any atom is -0.292 e. The van der Waals surface area contributed by atoms with Crippen LogP contribution in [0.25, 0.3) is 0 Å². The molecular weight excluding hydrogens is 390 g/mol. The second kappa shape index (κ2) is 7.67. The first-order chi connectivity index (χ1) is 13.5. The van der Waals surface area contributed by atoms with Crippen molar-refractivity contribution in [2.45, 2.75) is 38.3 Å². The molecule has 2 heterocycles. The van der Waals surface area contributed by atoms with Crippen molar-refractivity contribution in [2.75, 3.05) is 5.32 Å². The van der Waals surface area contributed by atoms with Gasteiger partial charge in [0, 0.05) is 16.6 Å². The maximum atomic E-state index is 12.9. The van der Waals surface area contributed by atoms with Crippen LogP contribution in [0.5, 0.6) is 0 Å². The first-order valence-electron chi connectivity index (χ1n) is 8.77. The summed E-state index contributed by atoms with van der Waals surface area (Å²) in [5.41, 5.74) is 1.31. The smallest absolute Gasteiger partial charge is 0.282 e. The molecule has 0 radical (unpaired) electrons. The van der Waals surface area contributed by atoms with Gasteiger partial charge in [-0.15, -0.1) is 5.10 Å². The van der Waals surface area contributed by atoms with Gasteiger partial charge < -0.3 is 0 Å². The zero-order chi connectivity index (χ0) is 19.7. The molecule has 0 bridgehead atoms. The molecule has 7 nitrogen and oxygen atoms in total. The first kappa shape index (κ1) is 18.5. The number of anilines is 1. The van der Waals surface area contributed by atoms with Gasteiger partial charge in [-0.2, -0.15) is 5.10 Å². The third-order valence-electron chi connectivity index (χ3n) is 4.36. The van der Waals surface area contributed by atoms with Crippen LogP contribution < -0.4 is 5.32 Å². The summed E-state index contributed by atoms with van der Waals surface area (Å²) in [5.74, 6) is -0.0876. The number of nitrogens with zero attached hydrogens (tertiary/aromatic N) is 5. The summed E-state index contributed by atoms with van der Waals surface area (Å²) in [6.45, 7) is 0.285. The molecule has 3 aromatic rings. The highest BCUT2D eigenvalue weighted by Gasteiger charge is 2.30. The molecule has 0 saturated heterocycles. The standard InChI is InChI=1S/C18H17ClF2N6O/c19-13-3-1-2-11(6-13)8-26-10-22-18(25-26)23-16(28)9-27-15(12-4-5-12)7-14(24-27)17(20)21/h1-3,6-7,10,12,17H,4-5,8-9H2,(H,23,25,28). The molecule has 1 fully saturated rings. The maximum absolute atomic E-state index is 12.9. The van der Waals surface area contributed by atoms with Crippen molar-refractivity contribution in [1.29, 1.82) is 0 Å². The number of benzene rings is 1. The number of rotatable bonds is 7. The summed E-state index contributed by atoms with van der Waals surface area (Å²) >= 11 is 5.97. The van der Waals surface area contributed by atoms with E-state index in [0.29, 0.717) is 17.3 Å². The molecule has 4 rings (SSSR count). The van der Waals surface area contributed by atoms with Crippen LogP contribution >= 0.6 is 11.6 Å². The Bertz CT molecular complexity index is 998. The van der Waals surface area contributed by atoms with Crippen LogP contribution in [0.2, 0.25) is 5.02 Å². The molecule has 0 aliphatic heterocycles. The largest absolute Gasteiger partial charge is 0.292 e. The highest BCUT2D eigenvalue weighted by Crippen LogP contribution is 2.41. The summed E-state index contributed by atoms with van der Waals surface area (Å²) in [7, 11) is 0. The van der Waals surface area contributed by atoms with E-state index in [1.54, 1.807) is 10.7 Å². The van der Waals surface area contributed by atoms with Gasteiger partial charge in [0.1, 0.15) is 18.6 Å². The van der Waals surface area contributed by atoms with Crippen molar-refractivity contribution in [3.63, 3.8) is 0 Å². The number of nitrogens with one attached hydrogen (secondary N) is 1. The van der Waals surface area contributed by atoms with Crippen molar-refractivity contribution in [1.82, 2.24) is 24.5 Å². The second-order valence-corrected chi connectivity index (χ2v) is 7.11.